The Morgan fingerprint density at radius 3 is 2.32 bits per heavy atom. The van der Waals surface area contributed by atoms with E-state index in [1.165, 1.54) is 12.1 Å². The normalized spacial score (nSPS) is 10.3. The van der Waals surface area contributed by atoms with Gasteiger partial charge in [-0.05, 0) is 54.4 Å². The molecule has 0 aliphatic heterocycles. The minimum Gasteiger partial charge on any atom is -0.339 e. The van der Waals surface area contributed by atoms with Crippen LogP contribution in [0, 0.1) is 12.7 Å². The first-order valence-corrected chi connectivity index (χ1v) is 7.81. The van der Waals surface area contributed by atoms with Gasteiger partial charge in [0.1, 0.15) is 5.82 Å². The van der Waals surface area contributed by atoms with Crippen molar-refractivity contribution < 1.29 is 9.18 Å². The van der Waals surface area contributed by atoms with Crippen LogP contribution in [0.3, 0.4) is 0 Å². The SMILES string of the molecule is Cc1ccccc1CC(=O)Nc1ccc(Nc2ccc(F)cc2)nn1. The van der Waals surface area contributed by atoms with Gasteiger partial charge in [-0.15, -0.1) is 10.2 Å². The van der Waals surface area contributed by atoms with Gasteiger partial charge in [0.2, 0.25) is 5.91 Å². The molecule has 126 valence electrons. The Kier molecular flexibility index (Phi) is 4.99. The average molecular weight is 336 g/mol. The number of anilines is 3. The van der Waals surface area contributed by atoms with E-state index in [9.17, 15) is 9.18 Å². The van der Waals surface area contributed by atoms with Crippen LogP contribution in [-0.2, 0) is 11.2 Å². The van der Waals surface area contributed by atoms with E-state index in [4.69, 9.17) is 0 Å². The Balaban J connectivity index is 1.59. The van der Waals surface area contributed by atoms with Crippen LogP contribution in [-0.4, -0.2) is 16.1 Å². The number of carbonyl (C=O) groups excluding carboxylic acids is 1. The fourth-order valence-electron chi connectivity index (χ4n) is 2.32. The summed E-state index contributed by atoms with van der Waals surface area (Å²) in [5.74, 6) is 0.429. The molecule has 0 spiro atoms. The maximum atomic E-state index is 12.9. The number of benzene rings is 2. The molecule has 2 aromatic carbocycles. The smallest absolute Gasteiger partial charge is 0.230 e. The lowest BCUT2D eigenvalue weighted by atomic mass is 10.1. The highest BCUT2D eigenvalue weighted by Crippen LogP contribution is 2.15. The highest BCUT2D eigenvalue weighted by Gasteiger charge is 2.07. The Labute approximate surface area is 144 Å². The van der Waals surface area contributed by atoms with Crippen LogP contribution in [0.2, 0.25) is 0 Å². The fourth-order valence-corrected chi connectivity index (χ4v) is 2.32. The average Bonchev–Trinajstić information content (AvgIpc) is 2.61. The lowest BCUT2D eigenvalue weighted by molar-refractivity contribution is -0.115. The maximum Gasteiger partial charge on any atom is 0.230 e. The summed E-state index contributed by atoms with van der Waals surface area (Å²) in [5, 5.41) is 13.7. The van der Waals surface area contributed by atoms with Gasteiger partial charge in [-0.2, -0.15) is 0 Å². The molecule has 1 aromatic heterocycles. The van der Waals surface area contributed by atoms with Gasteiger partial charge in [0.15, 0.2) is 11.6 Å². The molecule has 3 rings (SSSR count). The number of aromatic nitrogens is 2. The van der Waals surface area contributed by atoms with E-state index in [0.717, 1.165) is 11.1 Å². The van der Waals surface area contributed by atoms with Gasteiger partial charge < -0.3 is 10.6 Å². The van der Waals surface area contributed by atoms with Crippen LogP contribution in [0.4, 0.5) is 21.7 Å². The van der Waals surface area contributed by atoms with Crippen LogP contribution in [0.5, 0.6) is 0 Å². The van der Waals surface area contributed by atoms with Gasteiger partial charge in [-0.25, -0.2) is 4.39 Å². The van der Waals surface area contributed by atoms with E-state index in [2.05, 4.69) is 20.8 Å². The highest BCUT2D eigenvalue weighted by molar-refractivity contribution is 5.91. The molecule has 1 heterocycles. The van der Waals surface area contributed by atoms with Crippen molar-refractivity contribution >= 4 is 23.2 Å². The molecular formula is C19H17FN4O. The summed E-state index contributed by atoms with van der Waals surface area (Å²) in [6.07, 6.45) is 0.282. The molecule has 0 fully saturated rings. The van der Waals surface area contributed by atoms with E-state index < -0.39 is 0 Å². The summed E-state index contributed by atoms with van der Waals surface area (Å²) in [6.45, 7) is 1.97. The summed E-state index contributed by atoms with van der Waals surface area (Å²) >= 11 is 0. The molecule has 3 aromatic rings. The van der Waals surface area contributed by atoms with E-state index >= 15 is 0 Å². The number of aryl methyl sites for hydroxylation is 1. The number of hydrogen-bond donors (Lipinski definition) is 2. The molecule has 0 saturated heterocycles. The number of carbonyl (C=O) groups is 1. The molecule has 25 heavy (non-hydrogen) atoms. The molecule has 1 amide bonds. The van der Waals surface area contributed by atoms with Crippen molar-refractivity contribution in [1.82, 2.24) is 10.2 Å². The number of rotatable bonds is 5. The molecule has 0 aliphatic rings. The third-order valence-electron chi connectivity index (χ3n) is 3.66. The first-order valence-electron chi connectivity index (χ1n) is 7.81. The van der Waals surface area contributed by atoms with Crippen molar-refractivity contribution in [2.24, 2.45) is 0 Å². The van der Waals surface area contributed by atoms with Gasteiger partial charge in [-0.3, -0.25) is 4.79 Å². The van der Waals surface area contributed by atoms with Crippen LogP contribution >= 0.6 is 0 Å². The number of amides is 1. The molecule has 0 aliphatic carbocycles. The lowest BCUT2D eigenvalue weighted by Crippen LogP contribution is -2.16. The van der Waals surface area contributed by atoms with Crippen molar-refractivity contribution in [3.05, 3.63) is 77.6 Å². The van der Waals surface area contributed by atoms with E-state index in [-0.39, 0.29) is 18.1 Å². The van der Waals surface area contributed by atoms with Crippen LogP contribution < -0.4 is 10.6 Å². The minimum atomic E-state index is -0.302. The zero-order chi connectivity index (χ0) is 17.6. The molecular weight excluding hydrogens is 319 g/mol. The van der Waals surface area contributed by atoms with Gasteiger partial charge in [0, 0.05) is 5.69 Å². The number of nitrogens with one attached hydrogen (secondary N) is 2. The monoisotopic (exact) mass is 336 g/mol. The van der Waals surface area contributed by atoms with Crippen molar-refractivity contribution in [3.8, 4) is 0 Å². The van der Waals surface area contributed by atoms with Crippen LogP contribution in [0.25, 0.3) is 0 Å². The molecule has 0 unspecified atom stereocenters. The topological polar surface area (TPSA) is 66.9 Å². The first-order chi connectivity index (χ1) is 12.1. The fraction of sp³-hybridized carbons (Fsp3) is 0.105. The second kappa shape index (κ2) is 7.53. The minimum absolute atomic E-state index is 0.150. The first kappa shape index (κ1) is 16.6. The van der Waals surface area contributed by atoms with Crippen molar-refractivity contribution in [2.75, 3.05) is 10.6 Å². The third-order valence-corrected chi connectivity index (χ3v) is 3.66. The second-order valence-corrected chi connectivity index (χ2v) is 5.59. The molecule has 0 saturated carbocycles. The Morgan fingerprint density at radius 2 is 1.64 bits per heavy atom. The Bertz CT molecular complexity index is 863. The maximum absolute atomic E-state index is 12.9. The van der Waals surface area contributed by atoms with Crippen molar-refractivity contribution in [3.63, 3.8) is 0 Å². The summed E-state index contributed by atoms with van der Waals surface area (Å²) in [6, 6.07) is 17.0. The molecule has 5 nitrogen and oxygen atoms in total. The van der Waals surface area contributed by atoms with Gasteiger partial charge >= 0.3 is 0 Å². The molecule has 0 radical (unpaired) electrons. The van der Waals surface area contributed by atoms with Crippen LogP contribution in [0.15, 0.2) is 60.7 Å². The molecule has 0 atom stereocenters. The van der Waals surface area contributed by atoms with E-state index in [0.29, 0.717) is 17.3 Å². The zero-order valence-electron chi connectivity index (χ0n) is 13.7. The standard InChI is InChI=1S/C19H17FN4O/c1-13-4-2-3-5-14(13)12-19(25)22-18-11-10-17(23-24-18)21-16-8-6-15(20)7-9-16/h2-11H,12H2,1H3,(H,21,23)(H,22,24,25). The third kappa shape index (κ3) is 4.60. The predicted molar refractivity (Wildman–Crippen MR) is 95.2 cm³/mol. The predicted octanol–water partition coefficient (Wildman–Crippen LogP) is 3.85. The van der Waals surface area contributed by atoms with E-state index in [1.807, 2.05) is 31.2 Å². The summed E-state index contributed by atoms with van der Waals surface area (Å²) in [4.78, 5) is 12.1. The lowest BCUT2D eigenvalue weighted by Gasteiger charge is -2.08. The summed E-state index contributed by atoms with van der Waals surface area (Å²) in [5.41, 5.74) is 2.75. The highest BCUT2D eigenvalue weighted by atomic mass is 19.1. The molecule has 2 N–H and O–H groups in total. The zero-order valence-corrected chi connectivity index (χ0v) is 13.7. The van der Waals surface area contributed by atoms with E-state index in [1.54, 1.807) is 24.3 Å². The quantitative estimate of drug-likeness (QED) is 0.743. The van der Waals surface area contributed by atoms with Crippen molar-refractivity contribution in [1.29, 1.82) is 0 Å². The number of hydrogen-bond acceptors (Lipinski definition) is 4. The largest absolute Gasteiger partial charge is 0.339 e. The molecule has 0 bridgehead atoms. The van der Waals surface area contributed by atoms with Gasteiger partial charge in [0.05, 0.1) is 6.42 Å². The second-order valence-electron chi connectivity index (χ2n) is 5.59. The van der Waals surface area contributed by atoms with Gasteiger partial charge in [-0.1, -0.05) is 24.3 Å². The Morgan fingerprint density at radius 1 is 0.960 bits per heavy atom. The Hall–Kier alpha value is -3.28. The number of nitrogens with zero attached hydrogens (tertiary/aromatic N) is 2. The van der Waals surface area contributed by atoms with Crippen molar-refractivity contribution in [2.45, 2.75) is 13.3 Å². The number of halogens is 1. The summed E-state index contributed by atoms with van der Waals surface area (Å²) in [7, 11) is 0. The summed E-state index contributed by atoms with van der Waals surface area (Å²) < 4.78 is 12.9. The van der Waals surface area contributed by atoms with Gasteiger partial charge in [0.25, 0.3) is 0 Å². The van der Waals surface area contributed by atoms with Crippen LogP contribution in [0.1, 0.15) is 11.1 Å². The molecule has 6 heteroatoms.